The van der Waals surface area contributed by atoms with E-state index in [2.05, 4.69) is 0 Å². The summed E-state index contributed by atoms with van der Waals surface area (Å²) in [5.74, 6) is 1.74. The Morgan fingerprint density at radius 3 is 2.32 bits per heavy atom. The number of hydrogen-bond acceptors (Lipinski definition) is 5. The van der Waals surface area contributed by atoms with E-state index in [0.29, 0.717) is 24.4 Å². The lowest BCUT2D eigenvalue weighted by molar-refractivity contribution is -0.141. The lowest BCUT2D eigenvalue weighted by Crippen LogP contribution is -2.38. The van der Waals surface area contributed by atoms with E-state index < -0.39 is 5.97 Å². The molecule has 1 aliphatic heterocycles. The van der Waals surface area contributed by atoms with Gasteiger partial charge in [0.05, 0.1) is 11.7 Å². The molecule has 160 valence electrons. The molecule has 0 radical (unpaired) electrons. The number of hydrogen-bond donors (Lipinski definition) is 0. The van der Waals surface area contributed by atoms with Crippen molar-refractivity contribution in [2.75, 3.05) is 12.5 Å². The largest absolute Gasteiger partial charge is 0.486 e. The molecule has 0 spiro atoms. The second kappa shape index (κ2) is 11.2. The van der Waals surface area contributed by atoms with Crippen molar-refractivity contribution in [1.82, 2.24) is 4.90 Å². The summed E-state index contributed by atoms with van der Waals surface area (Å²) in [4.78, 5) is 25.2. The summed E-state index contributed by atoms with van der Waals surface area (Å²) < 4.78 is 11.4. The highest BCUT2D eigenvalue weighted by Gasteiger charge is 2.26. The highest BCUT2D eigenvalue weighted by Crippen LogP contribution is 2.28. The molecule has 0 bridgehead atoms. The summed E-state index contributed by atoms with van der Waals surface area (Å²) in [6.45, 7) is 2.35. The Labute approximate surface area is 187 Å². The Morgan fingerprint density at radius 2 is 1.71 bits per heavy atom. The summed E-state index contributed by atoms with van der Waals surface area (Å²) >= 11 is 5.59. The first kappa shape index (κ1) is 22.4. The Hall–Kier alpha value is -3.27. The van der Waals surface area contributed by atoms with Crippen molar-refractivity contribution in [3.63, 3.8) is 0 Å². The Morgan fingerprint density at radius 1 is 1.06 bits per heavy atom. The van der Waals surface area contributed by atoms with Gasteiger partial charge in [0.15, 0.2) is 5.76 Å². The maximum absolute atomic E-state index is 11.7. The van der Waals surface area contributed by atoms with Gasteiger partial charge in [0.1, 0.15) is 30.6 Å². The highest BCUT2D eigenvalue weighted by atomic mass is 35.5. The zero-order valence-corrected chi connectivity index (χ0v) is 18.0. The first-order valence-electron chi connectivity index (χ1n) is 9.97. The average molecular weight is 438 g/mol. The van der Waals surface area contributed by atoms with Crippen LogP contribution < -0.4 is 0 Å². The zero-order valence-electron chi connectivity index (χ0n) is 17.3. The number of halogens is 1. The van der Waals surface area contributed by atoms with Gasteiger partial charge in [-0.25, -0.2) is 4.79 Å². The molecule has 1 heterocycles. The van der Waals surface area contributed by atoms with Gasteiger partial charge < -0.3 is 14.4 Å². The molecule has 0 saturated carbocycles. The van der Waals surface area contributed by atoms with E-state index in [1.807, 2.05) is 78.4 Å². The quantitative estimate of drug-likeness (QED) is 0.330. The molecule has 0 amide bonds. The first-order chi connectivity index (χ1) is 15.1. The van der Waals surface area contributed by atoms with Crippen LogP contribution in [0.5, 0.6) is 0 Å². The third-order valence-corrected chi connectivity index (χ3v) is 5.17. The number of alkyl halides is 1. The third-order valence-electron chi connectivity index (χ3n) is 4.95. The lowest BCUT2D eigenvalue weighted by atomic mass is 10.0. The second-order valence-electron chi connectivity index (χ2n) is 7.09. The minimum absolute atomic E-state index is 0.147. The normalized spacial score (nSPS) is 14.3. The van der Waals surface area contributed by atoms with Gasteiger partial charge in [-0.1, -0.05) is 60.7 Å². The molecule has 0 aliphatic carbocycles. The molecule has 0 N–H and O–H groups in total. The number of carbonyl (C=O) groups excluding carboxylic acids is 2. The maximum Gasteiger partial charge on any atom is 0.320 e. The molecule has 6 heteroatoms. The van der Waals surface area contributed by atoms with E-state index in [9.17, 15) is 9.59 Å². The molecule has 1 atom stereocenters. The molecular formula is C25H24ClNO4. The van der Waals surface area contributed by atoms with E-state index in [1.165, 1.54) is 0 Å². The molecule has 0 saturated heterocycles. The van der Waals surface area contributed by atoms with Gasteiger partial charge in [0, 0.05) is 6.20 Å². The van der Waals surface area contributed by atoms with Crippen LogP contribution in [-0.4, -0.2) is 35.3 Å². The van der Waals surface area contributed by atoms with Crippen LogP contribution in [0.4, 0.5) is 0 Å². The number of nitrogens with zero attached hydrogens (tertiary/aromatic N) is 1. The highest BCUT2D eigenvalue weighted by molar-refractivity contribution is 6.26. The standard InChI is InChI=1S/C25H24ClNO4/c1-19-25(31-17-21-10-6-3-7-11-21)22(16-28)12-13-27(19)23(18-30-24(29)15-26)14-20-8-4-2-5-9-20/h2-13,23H,14-15,17-18H2,1H3/t23-/m1/s1. The van der Waals surface area contributed by atoms with Crippen LogP contribution in [0.15, 0.2) is 90.0 Å². The molecule has 3 rings (SSSR count). The van der Waals surface area contributed by atoms with Crippen LogP contribution in [-0.2, 0) is 32.1 Å². The lowest BCUT2D eigenvalue weighted by Gasteiger charge is -2.34. The van der Waals surface area contributed by atoms with Crippen LogP contribution in [0.2, 0.25) is 0 Å². The van der Waals surface area contributed by atoms with Gasteiger partial charge in [-0.3, -0.25) is 4.79 Å². The molecule has 31 heavy (non-hydrogen) atoms. The van der Waals surface area contributed by atoms with E-state index in [1.54, 1.807) is 12.3 Å². The van der Waals surface area contributed by atoms with Gasteiger partial charge in [0.25, 0.3) is 0 Å². The number of rotatable bonds is 9. The van der Waals surface area contributed by atoms with Crippen LogP contribution in [0.1, 0.15) is 18.1 Å². The van der Waals surface area contributed by atoms with Gasteiger partial charge in [-0.2, -0.15) is 0 Å². The van der Waals surface area contributed by atoms with Gasteiger partial charge >= 0.3 is 5.97 Å². The SMILES string of the molecule is CC1=C(OCc2ccccc2)C(=C=O)C=CN1[C@@H](COC(=O)CCl)Cc1ccccc1. The summed E-state index contributed by atoms with van der Waals surface area (Å²) in [7, 11) is 0. The van der Waals surface area contributed by atoms with Crippen molar-refractivity contribution in [2.24, 2.45) is 0 Å². The fraction of sp³-hybridized carbons (Fsp3) is 0.240. The molecule has 2 aromatic rings. The molecule has 2 aromatic carbocycles. The minimum Gasteiger partial charge on any atom is -0.486 e. The average Bonchev–Trinajstić information content (AvgIpc) is 2.82. The number of ether oxygens (including phenoxy) is 2. The second-order valence-corrected chi connectivity index (χ2v) is 7.36. The molecule has 0 aromatic heterocycles. The number of carbonyl (C=O) groups is 1. The fourth-order valence-corrected chi connectivity index (χ4v) is 3.47. The van der Waals surface area contributed by atoms with Crippen LogP contribution in [0.3, 0.4) is 0 Å². The van der Waals surface area contributed by atoms with Crippen molar-refractivity contribution in [3.05, 3.63) is 101 Å². The summed E-state index contributed by atoms with van der Waals surface area (Å²) in [6.07, 6.45) is 4.10. The predicted molar refractivity (Wildman–Crippen MR) is 120 cm³/mol. The van der Waals surface area contributed by atoms with Crippen molar-refractivity contribution in [2.45, 2.75) is 26.0 Å². The molecule has 0 fully saturated rings. The Kier molecular flexibility index (Phi) is 8.11. The van der Waals surface area contributed by atoms with Crippen molar-refractivity contribution < 1.29 is 19.1 Å². The van der Waals surface area contributed by atoms with E-state index >= 15 is 0 Å². The Balaban J connectivity index is 1.85. The molecule has 1 aliphatic rings. The molecule has 0 unspecified atom stereocenters. The van der Waals surface area contributed by atoms with Crippen LogP contribution in [0, 0.1) is 0 Å². The van der Waals surface area contributed by atoms with Crippen molar-refractivity contribution >= 4 is 23.5 Å². The minimum atomic E-state index is -0.476. The predicted octanol–water partition coefficient (Wildman–Crippen LogP) is 4.42. The Bertz CT molecular complexity index is 995. The topological polar surface area (TPSA) is 55.8 Å². The number of allylic oxidation sites excluding steroid dienone is 2. The number of benzene rings is 2. The monoisotopic (exact) mass is 437 g/mol. The van der Waals surface area contributed by atoms with Gasteiger partial charge in [0.2, 0.25) is 0 Å². The summed E-state index contributed by atoms with van der Waals surface area (Å²) in [5.41, 5.74) is 3.19. The smallest absolute Gasteiger partial charge is 0.320 e. The van der Waals surface area contributed by atoms with Crippen molar-refractivity contribution in [3.8, 4) is 0 Å². The summed E-state index contributed by atoms with van der Waals surface area (Å²) in [5, 5.41) is 0. The maximum atomic E-state index is 11.7. The summed E-state index contributed by atoms with van der Waals surface area (Å²) in [6, 6.07) is 19.5. The van der Waals surface area contributed by atoms with E-state index in [4.69, 9.17) is 21.1 Å². The zero-order chi connectivity index (χ0) is 22.1. The van der Waals surface area contributed by atoms with Crippen molar-refractivity contribution in [1.29, 1.82) is 0 Å². The van der Waals surface area contributed by atoms with Gasteiger partial charge in [-0.05, 0) is 30.5 Å². The molecular weight excluding hydrogens is 414 g/mol. The fourth-order valence-electron chi connectivity index (χ4n) is 3.39. The molecule has 5 nitrogen and oxygen atoms in total. The van der Waals surface area contributed by atoms with Crippen LogP contribution in [0.25, 0.3) is 0 Å². The van der Waals surface area contributed by atoms with E-state index in [-0.39, 0.29) is 18.5 Å². The van der Waals surface area contributed by atoms with E-state index in [0.717, 1.165) is 16.8 Å². The van der Waals surface area contributed by atoms with Crippen LogP contribution >= 0.6 is 11.6 Å². The first-order valence-corrected chi connectivity index (χ1v) is 10.5. The third kappa shape index (κ3) is 6.11. The van der Waals surface area contributed by atoms with Gasteiger partial charge in [-0.15, -0.1) is 11.6 Å². The number of esters is 1.